The van der Waals surface area contributed by atoms with Crippen molar-refractivity contribution < 1.29 is 37.1 Å². The summed E-state index contributed by atoms with van der Waals surface area (Å²) in [5, 5.41) is 3.46. The van der Waals surface area contributed by atoms with Crippen molar-refractivity contribution in [3.8, 4) is 5.75 Å². The third-order valence-corrected chi connectivity index (χ3v) is 6.29. The highest BCUT2D eigenvalue weighted by molar-refractivity contribution is 7.89. The van der Waals surface area contributed by atoms with Crippen LogP contribution in [0, 0.1) is 0 Å². The van der Waals surface area contributed by atoms with E-state index >= 15 is 0 Å². The smallest absolute Gasteiger partial charge is 0.325 e. The molecule has 0 aliphatic rings. The van der Waals surface area contributed by atoms with Gasteiger partial charge in [-0.3, -0.25) is 19.2 Å². The molecule has 12 heteroatoms. The molecule has 11 nitrogen and oxygen atoms in total. The minimum atomic E-state index is -4.42. The third-order valence-electron chi connectivity index (χ3n) is 4.78. The maximum absolute atomic E-state index is 13.5. The average molecular weight is 536 g/mol. The summed E-state index contributed by atoms with van der Waals surface area (Å²) in [5.41, 5.74) is 0.166. The summed E-state index contributed by atoms with van der Waals surface area (Å²) < 4.78 is 40.3. The summed E-state index contributed by atoms with van der Waals surface area (Å²) >= 11 is 0. The lowest BCUT2D eigenvalue weighted by molar-refractivity contribution is -0.172. The van der Waals surface area contributed by atoms with Crippen LogP contribution < -0.4 is 14.8 Å². The van der Waals surface area contributed by atoms with Crippen LogP contribution >= 0.6 is 0 Å². The molecule has 37 heavy (non-hydrogen) atoms. The third kappa shape index (κ3) is 9.48. The second kappa shape index (κ2) is 12.7. The molecule has 0 saturated heterocycles. The van der Waals surface area contributed by atoms with Gasteiger partial charge < -0.3 is 14.8 Å². The lowest BCUT2D eigenvalue weighted by Crippen LogP contribution is -2.46. The molecule has 2 aromatic rings. The number of hydrogen-bond acceptors (Lipinski definition) is 8. The van der Waals surface area contributed by atoms with E-state index in [1.165, 1.54) is 39.3 Å². The molecule has 2 N–H and O–H groups in total. The van der Waals surface area contributed by atoms with E-state index in [4.69, 9.17) is 14.3 Å². The van der Waals surface area contributed by atoms with Gasteiger partial charge in [0.05, 0.1) is 13.5 Å². The van der Waals surface area contributed by atoms with Crippen LogP contribution in [0.1, 0.15) is 39.7 Å². The lowest BCUT2D eigenvalue weighted by Gasteiger charge is -2.25. The maximum Gasteiger partial charge on any atom is 0.325 e. The van der Waals surface area contributed by atoms with E-state index in [1.807, 2.05) is 18.2 Å². The van der Waals surface area contributed by atoms with Gasteiger partial charge in [0.25, 0.3) is 0 Å². The number of carbonyl (C=O) groups excluding carboxylic acids is 3. The Kier molecular flexibility index (Phi) is 10.2. The number of esters is 1. The fraction of sp³-hybridized carbons (Fsp3) is 0.400. The number of sulfonamides is 1. The van der Waals surface area contributed by atoms with Crippen LogP contribution in [0.25, 0.3) is 0 Å². The minimum Gasteiger partial charge on any atom is -0.487 e. The van der Waals surface area contributed by atoms with Crippen molar-refractivity contribution in [2.45, 2.75) is 57.3 Å². The van der Waals surface area contributed by atoms with Gasteiger partial charge in [0.2, 0.25) is 21.8 Å². The summed E-state index contributed by atoms with van der Waals surface area (Å²) in [6.07, 6.45) is -0.553. The Morgan fingerprint density at radius 2 is 1.70 bits per heavy atom. The molecule has 0 radical (unpaired) electrons. The number of benzene rings is 2. The van der Waals surface area contributed by atoms with Crippen molar-refractivity contribution in [3.63, 3.8) is 0 Å². The van der Waals surface area contributed by atoms with Gasteiger partial charge in [-0.1, -0.05) is 30.3 Å². The Hall–Kier alpha value is -3.48. The number of carbonyl (C=O) groups is 3. The number of ether oxygens (including phenoxy) is 2. The molecule has 0 bridgehead atoms. The van der Waals surface area contributed by atoms with E-state index < -0.39 is 40.0 Å². The zero-order valence-corrected chi connectivity index (χ0v) is 22.5. The Morgan fingerprint density at radius 1 is 1.05 bits per heavy atom. The number of amides is 2. The number of anilines is 1. The molecule has 1 atom stereocenters. The van der Waals surface area contributed by atoms with E-state index in [0.717, 1.165) is 10.6 Å². The number of hydrogen-bond donors (Lipinski definition) is 2. The average Bonchev–Trinajstić information content (AvgIpc) is 2.80. The van der Waals surface area contributed by atoms with Gasteiger partial charge in [-0.15, -0.1) is 0 Å². The molecule has 2 aromatic carbocycles. The zero-order chi connectivity index (χ0) is 27.8. The molecule has 1 unspecified atom stereocenters. The van der Waals surface area contributed by atoms with Crippen molar-refractivity contribution in [1.29, 1.82) is 0 Å². The summed E-state index contributed by atoms with van der Waals surface area (Å²) in [6, 6.07) is 11.5. The zero-order valence-electron chi connectivity index (χ0n) is 21.7. The van der Waals surface area contributed by atoms with Gasteiger partial charge in [0.1, 0.15) is 28.9 Å². The van der Waals surface area contributed by atoms with E-state index in [2.05, 4.69) is 10.0 Å². The topological polar surface area (TPSA) is 140 Å². The highest BCUT2D eigenvalue weighted by atomic mass is 32.2. The first-order valence-corrected chi connectivity index (χ1v) is 12.8. The molecular weight excluding hydrogens is 502 g/mol. The Bertz CT molecular complexity index is 1210. The fourth-order valence-electron chi connectivity index (χ4n) is 3.06. The summed E-state index contributed by atoms with van der Waals surface area (Å²) in [6.45, 7) is 6.22. The first kappa shape index (κ1) is 29.7. The molecule has 202 valence electrons. The van der Waals surface area contributed by atoms with Crippen molar-refractivity contribution in [2.75, 3.05) is 19.5 Å². The normalized spacial score (nSPS) is 12.4. The van der Waals surface area contributed by atoms with Crippen molar-refractivity contribution >= 4 is 33.5 Å². The van der Waals surface area contributed by atoms with Crippen LogP contribution in [0.4, 0.5) is 5.69 Å². The summed E-state index contributed by atoms with van der Waals surface area (Å²) in [7, 11) is -1.82. The van der Waals surface area contributed by atoms with Crippen LogP contribution in [-0.2, 0) is 40.6 Å². The molecule has 2 amide bonds. The molecule has 0 spiro atoms. The standard InChI is InChI=1S/C25H33N3O8S/c1-17(29)26-19-12-13-22(21(14-19)35-16-18-10-8-7-9-11-18)37(32,33)27-20(15-23(30)28(5)34-6)24(31)36-25(2,3)4/h7-14,20,27H,15-16H2,1-6H3,(H,26,29). The van der Waals surface area contributed by atoms with Crippen LogP contribution in [0.15, 0.2) is 53.4 Å². The van der Waals surface area contributed by atoms with Gasteiger partial charge >= 0.3 is 5.97 Å². The van der Waals surface area contributed by atoms with Crippen molar-refractivity contribution in [1.82, 2.24) is 9.79 Å². The molecule has 2 rings (SSSR count). The van der Waals surface area contributed by atoms with Crippen LogP contribution in [0.5, 0.6) is 5.75 Å². The number of nitrogens with zero attached hydrogens (tertiary/aromatic N) is 1. The number of rotatable bonds is 11. The molecule has 0 fully saturated rings. The Balaban J connectivity index is 2.43. The SMILES string of the molecule is CON(C)C(=O)CC(NS(=O)(=O)c1ccc(NC(C)=O)cc1OCc1ccccc1)C(=O)OC(C)(C)C. The van der Waals surface area contributed by atoms with E-state index in [0.29, 0.717) is 5.69 Å². The molecule has 0 saturated carbocycles. The Morgan fingerprint density at radius 3 is 2.27 bits per heavy atom. The second-order valence-electron chi connectivity index (χ2n) is 9.10. The van der Waals surface area contributed by atoms with E-state index in [-0.39, 0.29) is 23.2 Å². The van der Waals surface area contributed by atoms with Gasteiger partial charge in [-0.25, -0.2) is 13.5 Å². The van der Waals surface area contributed by atoms with Gasteiger partial charge in [-0.05, 0) is 38.5 Å². The quantitative estimate of drug-likeness (QED) is 0.331. The van der Waals surface area contributed by atoms with Crippen LogP contribution in [0.3, 0.4) is 0 Å². The first-order chi connectivity index (χ1) is 17.2. The van der Waals surface area contributed by atoms with Gasteiger partial charge in [-0.2, -0.15) is 4.72 Å². The fourth-order valence-corrected chi connectivity index (χ4v) is 4.37. The molecular formula is C25H33N3O8S. The lowest BCUT2D eigenvalue weighted by atomic mass is 10.1. The molecule has 0 aliphatic carbocycles. The van der Waals surface area contributed by atoms with Gasteiger partial charge in [0, 0.05) is 25.7 Å². The molecule has 0 heterocycles. The summed E-state index contributed by atoms with van der Waals surface area (Å²) in [5.74, 6) is -2.00. The number of hydroxylamine groups is 2. The largest absolute Gasteiger partial charge is 0.487 e. The number of nitrogens with one attached hydrogen (secondary N) is 2. The van der Waals surface area contributed by atoms with Gasteiger partial charge in [0.15, 0.2) is 0 Å². The van der Waals surface area contributed by atoms with Crippen LogP contribution in [0.2, 0.25) is 0 Å². The van der Waals surface area contributed by atoms with Crippen molar-refractivity contribution in [2.24, 2.45) is 0 Å². The predicted molar refractivity (Wildman–Crippen MR) is 136 cm³/mol. The molecule has 0 aliphatic heterocycles. The maximum atomic E-state index is 13.5. The van der Waals surface area contributed by atoms with Crippen LogP contribution in [-0.4, -0.2) is 57.1 Å². The van der Waals surface area contributed by atoms with E-state index in [1.54, 1.807) is 32.9 Å². The first-order valence-electron chi connectivity index (χ1n) is 11.4. The second-order valence-corrected chi connectivity index (χ2v) is 10.8. The van der Waals surface area contributed by atoms with Crippen molar-refractivity contribution in [3.05, 3.63) is 54.1 Å². The summed E-state index contributed by atoms with van der Waals surface area (Å²) in [4.78, 5) is 41.4. The highest BCUT2D eigenvalue weighted by Crippen LogP contribution is 2.29. The van der Waals surface area contributed by atoms with E-state index in [9.17, 15) is 22.8 Å². The molecule has 0 aromatic heterocycles. The Labute approximate surface area is 217 Å². The monoisotopic (exact) mass is 535 g/mol. The highest BCUT2D eigenvalue weighted by Gasteiger charge is 2.34. The minimum absolute atomic E-state index is 0.0412. The predicted octanol–water partition coefficient (Wildman–Crippen LogP) is 2.62.